The summed E-state index contributed by atoms with van der Waals surface area (Å²) in [6.45, 7) is 0.846. The van der Waals surface area contributed by atoms with Crippen LogP contribution in [-0.4, -0.2) is 31.8 Å². The molecule has 32 heavy (non-hydrogen) atoms. The zero-order valence-corrected chi connectivity index (χ0v) is 18.2. The predicted molar refractivity (Wildman–Crippen MR) is 114 cm³/mol. The Morgan fingerprint density at radius 1 is 1.12 bits per heavy atom. The van der Waals surface area contributed by atoms with Crippen LogP contribution in [0.15, 0.2) is 46.3 Å². The third-order valence-electron chi connectivity index (χ3n) is 5.36. The average Bonchev–Trinajstić information content (AvgIpc) is 3.38. The quantitative estimate of drug-likeness (QED) is 0.523. The van der Waals surface area contributed by atoms with Crippen molar-refractivity contribution in [3.8, 4) is 11.1 Å². The molecule has 6 N–H and O–H groups in total. The lowest BCUT2D eigenvalue weighted by Crippen LogP contribution is -2.50. The number of hydrazine groups is 1. The first-order valence-electron chi connectivity index (χ1n) is 9.61. The maximum absolute atomic E-state index is 14.0. The van der Waals surface area contributed by atoms with Crippen LogP contribution >= 0.6 is 11.6 Å². The molecular weight excluding hydrogens is 469 g/mol. The lowest BCUT2D eigenvalue weighted by Gasteiger charge is -2.24. The number of hydrogen-bond donors (Lipinski definition) is 4. The van der Waals surface area contributed by atoms with Crippen LogP contribution < -0.4 is 22.3 Å². The van der Waals surface area contributed by atoms with Gasteiger partial charge in [-0.3, -0.25) is 11.2 Å². The van der Waals surface area contributed by atoms with Gasteiger partial charge in [0.15, 0.2) is 0 Å². The van der Waals surface area contributed by atoms with Gasteiger partial charge in [0, 0.05) is 29.2 Å². The predicted octanol–water partition coefficient (Wildman–Crippen LogP) is 2.30. The molecule has 0 spiro atoms. The van der Waals surface area contributed by atoms with Gasteiger partial charge in [0.1, 0.15) is 0 Å². The fourth-order valence-corrected chi connectivity index (χ4v) is 5.60. The monoisotopic (exact) mass is 488 g/mol. The Kier molecular flexibility index (Phi) is 5.62. The number of nitrogens with zero attached hydrogens (tertiary/aromatic N) is 2. The first kappa shape index (κ1) is 22.8. The van der Waals surface area contributed by atoms with E-state index in [9.17, 15) is 21.6 Å². The first-order valence-corrected chi connectivity index (χ1v) is 11.4. The summed E-state index contributed by atoms with van der Waals surface area (Å²) in [6.07, 6.45) is -3.22. The van der Waals surface area contributed by atoms with Crippen molar-refractivity contribution in [3.63, 3.8) is 0 Å². The largest absolute Gasteiger partial charge is 0.417 e. The molecule has 0 amide bonds. The Balaban J connectivity index is 1.78. The van der Waals surface area contributed by atoms with Crippen molar-refractivity contribution in [1.29, 1.82) is 0 Å². The standard InChI is InChI=1S/C19H20ClF3N6O2S/c20-15-10-12(19(25)26-17(24)27-28-19)9-14(18(21,22)23)16(15)11-3-5-13(6-4-11)32(30,31)29-7-1-2-8-29/h3-6,9-10,28H,1-2,7-8,25H2,(H3,24,26,27). The van der Waals surface area contributed by atoms with Crippen molar-refractivity contribution in [2.75, 3.05) is 13.1 Å². The normalized spacial score (nSPS) is 22.1. The minimum Gasteiger partial charge on any atom is -0.369 e. The highest BCUT2D eigenvalue weighted by atomic mass is 35.5. The second kappa shape index (κ2) is 7.89. The smallest absolute Gasteiger partial charge is 0.369 e. The highest BCUT2D eigenvalue weighted by Gasteiger charge is 2.39. The topological polar surface area (TPSA) is 126 Å². The van der Waals surface area contributed by atoms with Crippen molar-refractivity contribution in [2.45, 2.75) is 29.7 Å². The SMILES string of the molecule is NC1=NC(N)(c2cc(Cl)c(-c3ccc(S(=O)(=O)N4CCCC4)cc3)c(C(F)(F)F)c2)NN1. The number of nitrogens with two attached hydrogens (primary N) is 2. The van der Waals surface area contributed by atoms with Crippen molar-refractivity contribution in [1.82, 2.24) is 15.2 Å². The molecule has 1 atom stereocenters. The molecule has 13 heteroatoms. The lowest BCUT2D eigenvalue weighted by atomic mass is 9.95. The number of rotatable bonds is 4. The zero-order valence-electron chi connectivity index (χ0n) is 16.6. The Morgan fingerprint density at radius 2 is 1.75 bits per heavy atom. The third-order valence-corrected chi connectivity index (χ3v) is 7.57. The van der Waals surface area contributed by atoms with Gasteiger partial charge in [-0.05, 0) is 42.7 Å². The van der Waals surface area contributed by atoms with E-state index in [4.69, 9.17) is 23.1 Å². The van der Waals surface area contributed by atoms with Gasteiger partial charge in [-0.25, -0.2) is 13.4 Å². The Hall–Kier alpha value is -2.38. The first-order chi connectivity index (χ1) is 14.9. The summed E-state index contributed by atoms with van der Waals surface area (Å²) < 4.78 is 68.6. The Bertz CT molecular complexity index is 1180. The number of aliphatic imine (C=N–C) groups is 1. The van der Waals surface area contributed by atoms with E-state index in [2.05, 4.69) is 15.8 Å². The summed E-state index contributed by atoms with van der Waals surface area (Å²) >= 11 is 6.28. The summed E-state index contributed by atoms with van der Waals surface area (Å²) in [5, 5.41) is -0.225. The number of guanidine groups is 1. The molecule has 2 aliphatic rings. The molecule has 2 aromatic carbocycles. The van der Waals surface area contributed by atoms with Gasteiger partial charge < -0.3 is 5.73 Å². The zero-order chi connectivity index (χ0) is 23.3. The summed E-state index contributed by atoms with van der Waals surface area (Å²) in [4.78, 5) is 3.90. The highest BCUT2D eigenvalue weighted by Crippen LogP contribution is 2.43. The molecule has 0 radical (unpaired) electrons. The van der Waals surface area contributed by atoms with E-state index in [1.807, 2.05) is 0 Å². The van der Waals surface area contributed by atoms with Crippen molar-refractivity contribution in [3.05, 3.63) is 52.5 Å². The van der Waals surface area contributed by atoms with Crippen LogP contribution in [0.25, 0.3) is 11.1 Å². The molecule has 2 aliphatic heterocycles. The van der Waals surface area contributed by atoms with Gasteiger partial charge in [-0.2, -0.15) is 22.9 Å². The molecular formula is C19H20ClF3N6O2S. The fraction of sp³-hybridized carbons (Fsp3) is 0.316. The average molecular weight is 489 g/mol. The van der Waals surface area contributed by atoms with E-state index in [0.29, 0.717) is 13.1 Å². The number of sulfonamides is 1. The van der Waals surface area contributed by atoms with Crippen LogP contribution in [0, 0.1) is 0 Å². The minimum atomic E-state index is -4.77. The molecule has 2 aromatic rings. The number of hydrogen-bond acceptors (Lipinski definition) is 7. The van der Waals surface area contributed by atoms with Gasteiger partial charge in [0.05, 0.1) is 10.5 Å². The van der Waals surface area contributed by atoms with Crippen LogP contribution in [0.4, 0.5) is 13.2 Å². The molecule has 2 heterocycles. The molecule has 0 aromatic heterocycles. The van der Waals surface area contributed by atoms with Gasteiger partial charge in [0.25, 0.3) is 0 Å². The molecule has 172 valence electrons. The molecule has 1 unspecified atom stereocenters. The minimum absolute atomic E-state index is 0.0106. The molecule has 1 saturated heterocycles. The summed E-state index contributed by atoms with van der Waals surface area (Å²) in [7, 11) is -3.70. The lowest BCUT2D eigenvalue weighted by molar-refractivity contribution is -0.137. The second-order valence-corrected chi connectivity index (χ2v) is 9.87. The van der Waals surface area contributed by atoms with E-state index < -0.39 is 27.5 Å². The van der Waals surface area contributed by atoms with Crippen LogP contribution in [0.2, 0.25) is 5.02 Å². The Morgan fingerprint density at radius 3 is 2.28 bits per heavy atom. The van der Waals surface area contributed by atoms with Gasteiger partial charge in [-0.1, -0.05) is 23.7 Å². The molecule has 0 aliphatic carbocycles. The van der Waals surface area contributed by atoms with Gasteiger partial charge >= 0.3 is 6.18 Å². The molecule has 4 rings (SSSR count). The van der Waals surface area contributed by atoms with E-state index in [1.54, 1.807) is 0 Å². The highest BCUT2D eigenvalue weighted by molar-refractivity contribution is 7.89. The molecule has 8 nitrogen and oxygen atoms in total. The van der Waals surface area contributed by atoms with E-state index >= 15 is 0 Å². The van der Waals surface area contributed by atoms with Crippen molar-refractivity contribution >= 4 is 27.6 Å². The Labute approximate surface area is 187 Å². The fourth-order valence-electron chi connectivity index (χ4n) is 3.76. The summed E-state index contributed by atoms with van der Waals surface area (Å²) in [5.74, 6) is -1.82. The van der Waals surface area contributed by atoms with Crippen molar-refractivity contribution in [2.24, 2.45) is 16.5 Å². The van der Waals surface area contributed by atoms with E-state index in [1.165, 1.54) is 34.6 Å². The van der Waals surface area contributed by atoms with E-state index in [-0.39, 0.29) is 32.6 Å². The maximum Gasteiger partial charge on any atom is 0.417 e. The third kappa shape index (κ3) is 4.04. The van der Waals surface area contributed by atoms with Gasteiger partial charge in [-0.15, -0.1) is 0 Å². The number of alkyl halides is 3. The molecule has 1 fully saturated rings. The van der Waals surface area contributed by atoms with Crippen LogP contribution in [0.1, 0.15) is 24.0 Å². The summed E-state index contributed by atoms with van der Waals surface area (Å²) in [5.41, 5.74) is 15.2. The second-order valence-electron chi connectivity index (χ2n) is 7.53. The molecule has 0 bridgehead atoms. The van der Waals surface area contributed by atoms with Gasteiger partial charge in [0.2, 0.25) is 21.8 Å². The number of nitrogens with one attached hydrogen (secondary N) is 2. The maximum atomic E-state index is 14.0. The summed E-state index contributed by atoms with van der Waals surface area (Å²) in [6, 6.07) is 7.28. The number of halogens is 4. The van der Waals surface area contributed by atoms with Crippen molar-refractivity contribution < 1.29 is 21.6 Å². The van der Waals surface area contributed by atoms with Crippen LogP contribution in [0.5, 0.6) is 0 Å². The molecule has 0 saturated carbocycles. The number of benzene rings is 2. The van der Waals surface area contributed by atoms with Crippen LogP contribution in [-0.2, 0) is 22.0 Å². The van der Waals surface area contributed by atoms with Crippen LogP contribution in [0.3, 0.4) is 0 Å². The van der Waals surface area contributed by atoms with E-state index in [0.717, 1.165) is 18.9 Å².